The van der Waals surface area contributed by atoms with Gasteiger partial charge in [-0.15, -0.1) is 0 Å². The Balaban J connectivity index is 1.61. The van der Waals surface area contributed by atoms with Crippen molar-refractivity contribution >= 4 is 51.8 Å². The summed E-state index contributed by atoms with van der Waals surface area (Å²) < 4.78 is 5.79. The quantitative estimate of drug-likeness (QED) is 0.488. The van der Waals surface area contributed by atoms with E-state index >= 15 is 0 Å². The molecular formula is C20H17Cl3N2O2. The van der Waals surface area contributed by atoms with Crippen molar-refractivity contribution in [1.82, 2.24) is 10.3 Å². The van der Waals surface area contributed by atoms with E-state index in [1.54, 1.807) is 30.3 Å². The number of amides is 1. The van der Waals surface area contributed by atoms with Crippen LogP contribution in [0.15, 0.2) is 34.7 Å². The number of halogens is 3. The van der Waals surface area contributed by atoms with Gasteiger partial charge in [0.05, 0.1) is 15.1 Å². The van der Waals surface area contributed by atoms with Gasteiger partial charge < -0.3 is 9.73 Å². The Kier molecular flexibility index (Phi) is 5.31. The number of aromatic nitrogens is 1. The van der Waals surface area contributed by atoms with Gasteiger partial charge in [-0.25, -0.2) is 4.98 Å². The van der Waals surface area contributed by atoms with E-state index in [0.29, 0.717) is 43.2 Å². The maximum Gasteiger partial charge on any atom is 0.251 e. The van der Waals surface area contributed by atoms with Crippen molar-refractivity contribution in [3.63, 3.8) is 0 Å². The number of benzene rings is 2. The van der Waals surface area contributed by atoms with Crippen LogP contribution in [0.4, 0.5) is 0 Å². The second-order valence-electron chi connectivity index (χ2n) is 6.76. The SMILES string of the molecule is O=C(NC1CCCCC1)c1ccc2oc(-c3cc(Cl)c(Cl)c(Cl)c3)nc2c1. The van der Waals surface area contributed by atoms with E-state index in [1.165, 1.54) is 19.3 Å². The lowest BCUT2D eigenvalue weighted by Gasteiger charge is -2.22. The fraction of sp³-hybridized carbons (Fsp3) is 0.300. The third-order valence-corrected chi connectivity index (χ3v) is 6.02. The lowest BCUT2D eigenvalue weighted by atomic mass is 9.95. The molecule has 0 saturated heterocycles. The van der Waals surface area contributed by atoms with E-state index in [2.05, 4.69) is 10.3 Å². The van der Waals surface area contributed by atoms with Crippen molar-refractivity contribution in [2.45, 2.75) is 38.1 Å². The van der Waals surface area contributed by atoms with Gasteiger partial charge in [-0.2, -0.15) is 0 Å². The third-order valence-electron chi connectivity index (χ3n) is 4.82. The highest BCUT2D eigenvalue weighted by Crippen LogP contribution is 2.35. The van der Waals surface area contributed by atoms with Crippen LogP contribution in [0.3, 0.4) is 0 Å². The zero-order valence-electron chi connectivity index (χ0n) is 14.4. The smallest absolute Gasteiger partial charge is 0.251 e. The third kappa shape index (κ3) is 3.93. The first-order valence-corrected chi connectivity index (χ1v) is 10.0. The molecule has 0 bridgehead atoms. The average molecular weight is 424 g/mol. The van der Waals surface area contributed by atoms with E-state index < -0.39 is 0 Å². The molecule has 2 aromatic carbocycles. The monoisotopic (exact) mass is 422 g/mol. The van der Waals surface area contributed by atoms with Crippen molar-refractivity contribution in [2.75, 3.05) is 0 Å². The summed E-state index contributed by atoms with van der Waals surface area (Å²) in [5.41, 5.74) is 2.38. The second kappa shape index (κ2) is 7.70. The summed E-state index contributed by atoms with van der Waals surface area (Å²) in [5.74, 6) is 0.293. The highest BCUT2D eigenvalue weighted by molar-refractivity contribution is 6.48. The van der Waals surface area contributed by atoms with Gasteiger partial charge in [-0.3, -0.25) is 4.79 Å². The summed E-state index contributed by atoms with van der Waals surface area (Å²) >= 11 is 18.2. The van der Waals surface area contributed by atoms with Gasteiger partial charge in [0.1, 0.15) is 5.52 Å². The number of nitrogens with zero attached hydrogens (tertiary/aromatic N) is 1. The molecule has 0 aliphatic heterocycles. The van der Waals surface area contributed by atoms with Crippen LogP contribution in [-0.4, -0.2) is 16.9 Å². The molecule has 0 unspecified atom stereocenters. The zero-order valence-corrected chi connectivity index (χ0v) is 16.7. The lowest BCUT2D eigenvalue weighted by Crippen LogP contribution is -2.36. The van der Waals surface area contributed by atoms with Gasteiger partial charge in [-0.1, -0.05) is 54.1 Å². The molecule has 0 spiro atoms. The van der Waals surface area contributed by atoms with E-state index in [4.69, 9.17) is 39.2 Å². The number of oxazole rings is 1. The Labute approximate surface area is 171 Å². The van der Waals surface area contributed by atoms with Gasteiger partial charge in [0, 0.05) is 17.2 Å². The molecule has 0 atom stereocenters. The van der Waals surface area contributed by atoms with Crippen LogP contribution in [-0.2, 0) is 0 Å². The number of hydrogen-bond donors (Lipinski definition) is 1. The van der Waals surface area contributed by atoms with Crippen molar-refractivity contribution in [3.8, 4) is 11.5 Å². The van der Waals surface area contributed by atoms with Crippen LogP contribution in [0, 0.1) is 0 Å². The molecule has 1 amide bonds. The Hall–Kier alpha value is -1.75. The summed E-state index contributed by atoms with van der Waals surface area (Å²) in [4.78, 5) is 17.0. The molecule has 1 aromatic heterocycles. The molecule has 1 heterocycles. The van der Waals surface area contributed by atoms with Crippen molar-refractivity contribution in [1.29, 1.82) is 0 Å². The molecule has 27 heavy (non-hydrogen) atoms. The number of fused-ring (bicyclic) bond motifs is 1. The Bertz CT molecular complexity index is 987. The van der Waals surface area contributed by atoms with E-state index in [0.717, 1.165) is 12.8 Å². The summed E-state index contributed by atoms with van der Waals surface area (Å²) in [5, 5.41) is 4.06. The normalized spacial score (nSPS) is 15.2. The molecule has 1 saturated carbocycles. The molecule has 3 aromatic rings. The fourth-order valence-electron chi connectivity index (χ4n) is 3.39. The van der Waals surface area contributed by atoms with Crippen molar-refractivity contribution in [2.24, 2.45) is 0 Å². The summed E-state index contributed by atoms with van der Waals surface area (Å²) in [6, 6.07) is 8.79. The molecule has 0 radical (unpaired) electrons. The maximum atomic E-state index is 12.5. The first kappa shape index (κ1) is 18.6. The Morgan fingerprint density at radius 1 is 1.04 bits per heavy atom. The topological polar surface area (TPSA) is 55.1 Å². The zero-order chi connectivity index (χ0) is 19.0. The number of nitrogens with one attached hydrogen (secondary N) is 1. The van der Waals surface area contributed by atoms with Gasteiger partial charge in [-0.05, 0) is 43.2 Å². The average Bonchev–Trinajstić information content (AvgIpc) is 3.10. The van der Waals surface area contributed by atoms with Crippen LogP contribution in [0.2, 0.25) is 15.1 Å². The predicted molar refractivity (Wildman–Crippen MR) is 109 cm³/mol. The first-order chi connectivity index (χ1) is 13.0. The van der Waals surface area contributed by atoms with Gasteiger partial charge >= 0.3 is 0 Å². The standard InChI is InChI=1S/C20H17Cl3N2O2/c21-14-8-12(9-15(22)18(14)23)20-25-16-10-11(6-7-17(16)27-20)19(26)24-13-4-2-1-3-5-13/h6-10,13H,1-5H2,(H,24,26). The van der Waals surface area contributed by atoms with Crippen LogP contribution in [0.5, 0.6) is 0 Å². The highest BCUT2D eigenvalue weighted by atomic mass is 35.5. The van der Waals surface area contributed by atoms with Crippen molar-refractivity contribution in [3.05, 3.63) is 51.0 Å². The molecule has 7 heteroatoms. The molecule has 1 aliphatic carbocycles. The van der Waals surface area contributed by atoms with Gasteiger partial charge in [0.2, 0.25) is 5.89 Å². The minimum atomic E-state index is -0.0778. The molecule has 4 rings (SSSR count). The number of carbonyl (C=O) groups is 1. The summed E-state index contributed by atoms with van der Waals surface area (Å²) in [6.07, 6.45) is 5.67. The van der Waals surface area contributed by atoms with Crippen LogP contribution in [0.25, 0.3) is 22.6 Å². The predicted octanol–water partition coefficient (Wildman–Crippen LogP) is 6.52. The van der Waals surface area contributed by atoms with Gasteiger partial charge in [0.25, 0.3) is 5.91 Å². The fourth-order valence-corrected chi connectivity index (χ4v) is 3.98. The van der Waals surface area contributed by atoms with E-state index in [-0.39, 0.29) is 11.9 Å². The minimum Gasteiger partial charge on any atom is -0.436 e. The number of hydrogen-bond acceptors (Lipinski definition) is 3. The maximum absolute atomic E-state index is 12.5. The summed E-state index contributed by atoms with van der Waals surface area (Å²) in [6.45, 7) is 0. The van der Waals surface area contributed by atoms with Crippen LogP contribution < -0.4 is 5.32 Å². The van der Waals surface area contributed by atoms with Crippen LogP contribution >= 0.6 is 34.8 Å². The van der Waals surface area contributed by atoms with Crippen LogP contribution in [0.1, 0.15) is 42.5 Å². The van der Waals surface area contributed by atoms with Crippen molar-refractivity contribution < 1.29 is 9.21 Å². The largest absolute Gasteiger partial charge is 0.436 e. The molecule has 1 fully saturated rings. The lowest BCUT2D eigenvalue weighted by molar-refractivity contribution is 0.0928. The molecule has 1 N–H and O–H groups in total. The first-order valence-electron chi connectivity index (χ1n) is 8.87. The minimum absolute atomic E-state index is 0.0778. The highest BCUT2D eigenvalue weighted by Gasteiger charge is 2.18. The molecular weight excluding hydrogens is 407 g/mol. The summed E-state index contributed by atoms with van der Waals surface area (Å²) in [7, 11) is 0. The van der Waals surface area contributed by atoms with E-state index in [1.807, 2.05) is 0 Å². The Morgan fingerprint density at radius 3 is 2.44 bits per heavy atom. The molecule has 140 valence electrons. The van der Waals surface area contributed by atoms with Gasteiger partial charge in [0.15, 0.2) is 5.58 Å². The number of carbonyl (C=O) groups excluding carboxylic acids is 1. The Morgan fingerprint density at radius 2 is 1.74 bits per heavy atom. The molecule has 1 aliphatic rings. The second-order valence-corrected chi connectivity index (χ2v) is 7.96. The molecule has 4 nitrogen and oxygen atoms in total. The van der Waals surface area contributed by atoms with E-state index in [9.17, 15) is 4.79 Å². The number of rotatable bonds is 3.